The first-order valence-electron chi connectivity index (χ1n) is 10.6. The Morgan fingerprint density at radius 3 is 2.79 bits per heavy atom. The number of pyridine rings is 1. The number of hydrogen-bond acceptors (Lipinski definition) is 4. The van der Waals surface area contributed by atoms with E-state index < -0.39 is 0 Å². The average molecular weight is 402 g/mol. The molecule has 1 aliphatic carbocycles. The molecule has 4 nitrogen and oxygen atoms in total. The summed E-state index contributed by atoms with van der Waals surface area (Å²) in [5.74, 6) is 1.57. The molecule has 1 fully saturated rings. The van der Waals surface area contributed by atoms with Gasteiger partial charge in [0.05, 0.1) is 0 Å². The van der Waals surface area contributed by atoms with E-state index in [9.17, 15) is 0 Å². The predicted molar refractivity (Wildman–Crippen MR) is 118 cm³/mol. The summed E-state index contributed by atoms with van der Waals surface area (Å²) >= 11 is 6.08. The minimum absolute atomic E-state index is 0.687. The van der Waals surface area contributed by atoms with Crippen molar-refractivity contribution in [3.05, 3.63) is 52.7 Å². The lowest BCUT2D eigenvalue weighted by molar-refractivity contribution is 0.127. The molecule has 1 saturated carbocycles. The summed E-state index contributed by atoms with van der Waals surface area (Å²) in [4.78, 5) is 4.62. The first kappa shape index (κ1) is 21.1. The van der Waals surface area contributed by atoms with Gasteiger partial charge in [-0.1, -0.05) is 31.0 Å². The van der Waals surface area contributed by atoms with E-state index in [0.29, 0.717) is 5.92 Å². The van der Waals surface area contributed by atoms with Gasteiger partial charge in [0.25, 0.3) is 0 Å². The Hall–Kier alpha value is -1.62. The van der Waals surface area contributed by atoms with Gasteiger partial charge in [0.15, 0.2) is 0 Å². The number of nitrogens with zero attached hydrogens (tertiary/aromatic N) is 1. The molecule has 5 heteroatoms. The Morgan fingerprint density at radius 2 is 2.00 bits per heavy atom. The quantitative estimate of drug-likeness (QED) is 0.401. The average Bonchev–Trinajstić information content (AvgIpc) is 3.53. The van der Waals surface area contributed by atoms with E-state index >= 15 is 0 Å². The molecule has 2 N–H and O–H groups in total. The van der Waals surface area contributed by atoms with Crippen molar-refractivity contribution in [1.29, 1.82) is 0 Å². The first-order chi connectivity index (χ1) is 13.8. The highest BCUT2D eigenvalue weighted by atomic mass is 35.5. The van der Waals surface area contributed by atoms with Crippen LogP contribution in [0.15, 0.2) is 36.5 Å². The van der Waals surface area contributed by atoms with E-state index in [1.165, 1.54) is 30.4 Å². The first-order valence-corrected chi connectivity index (χ1v) is 10.9. The Morgan fingerprint density at radius 1 is 1.14 bits per heavy atom. The number of rotatable bonds is 13. The maximum absolute atomic E-state index is 6.08. The van der Waals surface area contributed by atoms with E-state index in [0.717, 1.165) is 62.1 Å². The molecule has 1 aliphatic rings. The monoisotopic (exact) mass is 401 g/mol. The third kappa shape index (κ3) is 7.08. The van der Waals surface area contributed by atoms with Crippen LogP contribution in [0.25, 0.3) is 0 Å². The molecular weight excluding hydrogens is 370 g/mol. The van der Waals surface area contributed by atoms with E-state index in [1.54, 1.807) is 0 Å². The Balaban J connectivity index is 1.46. The molecule has 0 atom stereocenters. The van der Waals surface area contributed by atoms with E-state index in [-0.39, 0.29) is 0 Å². The number of unbranched alkanes of at least 4 members (excludes halogenated alkanes) is 2. The molecule has 1 heterocycles. The van der Waals surface area contributed by atoms with Crippen LogP contribution in [0.1, 0.15) is 62.5 Å². The maximum Gasteiger partial charge on any atom is 0.130 e. The molecule has 28 heavy (non-hydrogen) atoms. The molecule has 0 aliphatic heterocycles. The van der Waals surface area contributed by atoms with Gasteiger partial charge in [0.1, 0.15) is 5.82 Å². The van der Waals surface area contributed by atoms with Gasteiger partial charge in [-0.25, -0.2) is 4.98 Å². The molecule has 0 amide bonds. The topological polar surface area (TPSA) is 46.2 Å². The van der Waals surface area contributed by atoms with Crippen LogP contribution in [0.3, 0.4) is 0 Å². The normalized spacial score (nSPS) is 13.6. The number of benzene rings is 1. The van der Waals surface area contributed by atoms with Crippen molar-refractivity contribution < 1.29 is 4.74 Å². The van der Waals surface area contributed by atoms with E-state index in [4.69, 9.17) is 16.3 Å². The molecule has 0 spiro atoms. The number of halogens is 1. The number of ether oxygens (including phenoxy) is 1. The highest BCUT2D eigenvalue weighted by Crippen LogP contribution is 2.42. The maximum atomic E-state index is 6.08. The van der Waals surface area contributed by atoms with Gasteiger partial charge in [-0.15, -0.1) is 0 Å². The summed E-state index contributed by atoms with van der Waals surface area (Å²) < 4.78 is 5.61. The Bertz CT molecular complexity index is 734. The summed E-state index contributed by atoms with van der Waals surface area (Å²) in [6.07, 6.45) is 9.20. The Kier molecular flexibility index (Phi) is 8.59. The van der Waals surface area contributed by atoms with Crippen LogP contribution in [0.2, 0.25) is 5.02 Å². The minimum Gasteiger partial charge on any atom is -0.381 e. The fourth-order valence-electron chi connectivity index (χ4n) is 3.23. The van der Waals surface area contributed by atoms with E-state index in [1.807, 2.05) is 30.5 Å². The zero-order valence-electron chi connectivity index (χ0n) is 16.8. The standard InChI is InChI=1S/C23H32ClN3O/c1-2-3-12-28-13-5-4-11-25-16-19-17-26-23(15-22(19)18-9-10-18)27-21-8-6-7-20(24)14-21/h6-8,14-15,17-18,25H,2-5,9-13,16H2,1H3,(H,26,27). The lowest BCUT2D eigenvalue weighted by Gasteiger charge is -2.13. The fraction of sp³-hybridized carbons (Fsp3) is 0.522. The Labute approximate surface area is 174 Å². The number of anilines is 2. The molecule has 2 aromatic rings. The molecule has 0 bridgehead atoms. The summed E-state index contributed by atoms with van der Waals surface area (Å²) in [7, 11) is 0. The molecule has 1 aromatic heterocycles. The van der Waals surface area contributed by atoms with Crippen LogP contribution in [-0.4, -0.2) is 24.7 Å². The number of hydrogen-bond donors (Lipinski definition) is 2. The van der Waals surface area contributed by atoms with Crippen LogP contribution in [0, 0.1) is 0 Å². The second kappa shape index (κ2) is 11.4. The molecule has 0 radical (unpaired) electrons. The summed E-state index contributed by atoms with van der Waals surface area (Å²) in [5.41, 5.74) is 3.71. The lowest BCUT2D eigenvalue weighted by Crippen LogP contribution is -2.16. The van der Waals surface area contributed by atoms with Crippen LogP contribution in [0.5, 0.6) is 0 Å². The van der Waals surface area contributed by atoms with Gasteiger partial charge < -0.3 is 15.4 Å². The van der Waals surface area contributed by atoms with Crippen molar-refractivity contribution in [2.75, 3.05) is 25.1 Å². The van der Waals surface area contributed by atoms with Crippen molar-refractivity contribution in [1.82, 2.24) is 10.3 Å². The smallest absolute Gasteiger partial charge is 0.130 e. The molecule has 1 aromatic carbocycles. The fourth-order valence-corrected chi connectivity index (χ4v) is 3.42. The van der Waals surface area contributed by atoms with Gasteiger partial charge in [-0.3, -0.25) is 0 Å². The second-order valence-corrected chi connectivity index (χ2v) is 7.96. The van der Waals surface area contributed by atoms with Gasteiger partial charge in [0, 0.05) is 36.7 Å². The minimum atomic E-state index is 0.687. The lowest BCUT2D eigenvalue weighted by atomic mass is 10.1. The zero-order valence-corrected chi connectivity index (χ0v) is 17.6. The van der Waals surface area contributed by atoms with Crippen LogP contribution in [-0.2, 0) is 11.3 Å². The van der Waals surface area contributed by atoms with Crippen molar-refractivity contribution in [3.63, 3.8) is 0 Å². The molecule has 0 saturated heterocycles. The van der Waals surface area contributed by atoms with Gasteiger partial charge in [0.2, 0.25) is 0 Å². The highest BCUT2D eigenvalue weighted by molar-refractivity contribution is 6.30. The van der Waals surface area contributed by atoms with Crippen molar-refractivity contribution in [3.8, 4) is 0 Å². The summed E-state index contributed by atoms with van der Waals surface area (Å²) in [6.45, 7) is 5.87. The van der Waals surface area contributed by atoms with Gasteiger partial charge >= 0.3 is 0 Å². The summed E-state index contributed by atoms with van der Waals surface area (Å²) in [5, 5.41) is 7.67. The van der Waals surface area contributed by atoms with Crippen molar-refractivity contribution >= 4 is 23.1 Å². The number of nitrogens with one attached hydrogen (secondary N) is 2. The van der Waals surface area contributed by atoms with Crippen molar-refractivity contribution in [2.24, 2.45) is 0 Å². The SMILES string of the molecule is CCCCOCCCCNCc1cnc(Nc2cccc(Cl)c2)cc1C1CC1. The zero-order chi connectivity index (χ0) is 19.6. The third-order valence-electron chi connectivity index (χ3n) is 4.99. The van der Waals surface area contributed by atoms with Crippen LogP contribution >= 0.6 is 11.6 Å². The van der Waals surface area contributed by atoms with Gasteiger partial charge in [-0.2, -0.15) is 0 Å². The third-order valence-corrected chi connectivity index (χ3v) is 5.22. The van der Waals surface area contributed by atoms with E-state index in [2.05, 4.69) is 28.6 Å². The molecule has 152 valence electrons. The molecule has 3 rings (SSSR count). The van der Waals surface area contributed by atoms with Crippen molar-refractivity contribution in [2.45, 2.75) is 57.9 Å². The molecule has 0 unspecified atom stereocenters. The highest BCUT2D eigenvalue weighted by Gasteiger charge is 2.26. The predicted octanol–water partition coefficient (Wildman–Crippen LogP) is 6.04. The largest absolute Gasteiger partial charge is 0.381 e. The van der Waals surface area contributed by atoms with Gasteiger partial charge in [-0.05, 0) is 80.0 Å². The summed E-state index contributed by atoms with van der Waals surface area (Å²) in [6, 6.07) is 9.95. The number of aromatic nitrogens is 1. The molecular formula is C23H32ClN3O. The van der Waals surface area contributed by atoms with Crippen LogP contribution in [0.4, 0.5) is 11.5 Å². The van der Waals surface area contributed by atoms with Crippen LogP contribution < -0.4 is 10.6 Å². The second-order valence-electron chi connectivity index (χ2n) is 7.53.